The lowest BCUT2D eigenvalue weighted by Crippen LogP contribution is -2.48. The number of piperidine rings is 1. The van der Waals surface area contributed by atoms with Gasteiger partial charge in [0.05, 0.1) is 6.54 Å². The van der Waals surface area contributed by atoms with E-state index in [-0.39, 0.29) is 42.2 Å². The molecule has 170 valence electrons. The van der Waals surface area contributed by atoms with Crippen molar-refractivity contribution >= 4 is 47.2 Å². The monoisotopic (exact) mass is 559 g/mol. The minimum Gasteiger partial charge on any atom is -0.354 e. The standard InChI is InChI=1S/C22H30FN5OS.HI/c1-27(2)21(29)15-25-22(24-14-20-4-3-13-30-20)26-19-9-11-28(12-10-19)16-17-5-7-18(23)8-6-17;/h3-8,13,19H,9-12,14-16H2,1-2H3,(H2,24,25,26);1H. The Kier molecular flexibility index (Phi) is 10.7. The lowest BCUT2D eigenvalue weighted by atomic mass is 10.0. The van der Waals surface area contributed by atoms with E-state index in [1.807, 2.05) is 23.6 Å². The summed E-state index contributed by atoms with van der Waals surface area (Å²) in [5.41, 5.74) is 1.13. The van der Waals surface area contributed by atoms with Gasteiger partial charge in [-0.3, -0.25) is 9.69 Å². The number of nitrogens with zero attached hydrogens (tertiary/aromatic N) is 3. The van der Waals surface area contributed by atoms with Gasteiger partial charge in [-0.25, -0.2) is 9.38 Å². The van der Waals surface area contributed by atoms with Crippen LogP contribution in [0.2, 0.25) is 0 Å². The number of hydrogen-bond acceptors (Lipinski definition) is 4. The zero-order chi connectivity index (χ0) is 21.3. The first-order chi connectivity index (χ1) is 14.5. The van der Waals surface area contributed by atoms with E-state index in [2.05, 4.69) is 26.6 Å². The Bertz CT molecular complexity index is 821. The summed E-state index contributed by atoms with van der Waals surface area (Å²) in [5, 5.41) is 8.90. The largest absolute Gasteiger partial charge is 0.354 e. The third-order valence-electron chi connectivity index (χ3n) is 5.13. The van der Waals surface area contributed by atoms with Gasteiger partial charge < -0.3 is 15.5 Å². The summed E-state index contributed by atoms with van der Waals surface area (Å²) in [5.74, 6) is 0.452. The Morgan fingerprint density at radius 1 is 1.23 bits per heavy atom. The molecule has 9 heteroatoms. The van der Waals surface area contributed by atoms with Crippen LogP contribution < -0.4 is 10.6 Å². The number of likely N-dealkylation sites (N-methyl/N-ethyl adjacent to an activating group) is 1. The van der Waals surface area contributed by atoms with Crippen LogP contribution in [-0.2, 0) is 17.9 Å². The van der Waals surface area contributed by atoms with Gasteiger partial charge in [-0.05, 0) is 42.0 Å². The Balaban J connectivity index is 0.00000341. The molecule has 1 aromatic carbocycles. The van der Waals surface area contributed by atoms with E-state index in [4.69, 9.17) is 0 Å². The van der Waals surface area contributed by atoms with Crippen LogP contribution in [0.15, 0.2) is 46.8 Å². The highest BCUT2D eigenvalue weighted by atomic mass is 127. The fourth-order valence-corrected chi connectivity index (χ4v) is 3.95. The molecule has 1 aliphatic heterocycles. The van der Waals surface area contributed by atoms with Crippen LogP contribution in [0, 0.1) is 5.82 Å². The average Bonchev–Trinajstić information content (AvgIpc) is 3.26. The van der Waals surface area contributed by atoms with Crippen LogP contribution in [0.25, 0.3) is 0 Å². The number of likely N-dealkylation sites (tertiary alicyclic amines) is 1. The maximum Gasteiger partial charge on any atom is 0.243 e. The van der Waals surface area contributed by atoms with Crippen molar-refractivity contribution < 1.29 is 9.18 Å². The summed E-state index contributed by atoms with van der Waals surface area (Å²) in [6.07, 6.45) is 1.98. The minimum atomic E-state index is -0.198. The third kappa shape index (κ3) is 8.74. The Labute approximate surface area is 204 Å². The molecule has 0 unspecified atom stereocenters. The van der Waals surface area contributed by atoms with Crippen molar-refractivity contribution in [2.75, 3.05) is 33.7 Å². The molecule has 0 atom stereocenters. The van der Waals surface area contributed by atoms with E-state index in [1.54, 1.807) is 30.3 Å². The van der Waals surface area contributed by atoms with E-state index < -0.39 is 0 Å². The number of aliphatic imine (C=N–C) groups is 1. The quantitative estimate of drug-likeness (QED) is 0.311. The van der Waals surface area contributed by atoms with Gasteiger partial charge in [0.15, 0.2) is 5.96 Å². The SMILES string of the molecule is CN(C)C(=O)CN=C(NCc1cccs1)NC1CCN(Cc2ccc(F)cc2)CC1.I. The molecule has 0 spiro atoms. The predicted octanol–water partition coefficient (Wildman–Crippen LogP) is 3.29. The number of halogens is 2. The molecule has 1 amide bonds. The normalized spacial score (nSPS) is 15.3. The van der Waals surface area contributed by atoms with Gasteiger partial charge in [0.2, 0.25) is 5.91 Å². The molecule has 6 nitrogen and oxygen atoms in total. The van der Waals surface area contributed by atoms with Crippen LogP contribution in [0.5, 0.6) is 0 Å². The highest BCUT2D eigenvalue weighted by Crippen LogP contribution is 2.14. The zero-order valence-electron chi connectivity index (χ0n) is 18.0. The molecule has 1 aliphatic rings. The molecule has 1 fully saturated rings. The number of carbonyl (C=O) groups excluding carboxylic acids is 1. The van der Waals surface area contributed by atoms with Crippen LogP contribution >= 0.6 is 35.3 Å². The van der Waals surface area contributed by atoms with Gasteiger partial charge in [-0.15, -0.1) is 35.3 Å². The molecule has 31 heavy (non-hydrogen) atoms. The van der Waals surface area contributed by atoms with Crippen molar-refractivity contribution in [3.63, 3.8) is 0 Å². The average molecular weight is 559 g/mol. The van der Waals surface area contributed by atoms with E-state index in [1.165, 1.54) is 17.0 Å². The first kappa shape index (κ1) is 25.5. The fraction of sp³-hybridized carbons (Fsp3) is 0.455. The van der Waals surface area contributed by atoms with Gasteiger partial charge in [0, 0.05) is 44.6 Å². The van der Waals surface area contributed by atoms with Crippen LogP contribution in [0.1, 0.15) is 23.3 Å². The van der Waals surface area contributed by atoms with Gasteiger partial charge in [-0.2, -0.15) is 0 Å². The summed E-state index contributed by atoms with van der Waals surface area (Å²) < 4.78 is 13.1. The molecule has 2 aromatic rings. The molecule has 2 heterocycles. The molecule has 0 bridgehead atoms. The molecule has 3 rings (SSSR count). The Hall–Kier alpha value is -1.72. The second-order valence-corrected chi connectivity index (χ2v) is 8.74. The molecule has 1 saturated heterocycles. The van der Waals surface area contributed by atoms with Gasteiger partial charge >= 0.3 is 0 Å². The number of guanidine groups is 1. The number of hydrogen-bond donors (Lipinski definition) is 2. The predicted molar refractivity (Wildman–Crippen MR) is 135 cm³/mol. The van der Waals surface area contributed by atoms with Crippen LogP contribution in [-0.4, -0.2) is 61.4 Å². The van der Waals surface area contributed by atoms with E-state index in [0.717, 1.165) is 38.0 Å². The van der Waals surface area contributed by atoms with E-state index in [9.17, 15) is 9.18 Å². The van der Waals surface area contributed by atoms with Crippen molar-refractivity contribution in [2.24, 2.45) is 4.99 Å². The zero-order valence-corrected chi connectivity index (χ0v) is 21.2. The van der Waals surface area contributed by atoms with E-state index >= 15 is 0 Å². The summed E-state index contributed by atoms with van der Waals surface area (Å²) in [7, 11) is 3.47. The van der Waals surface area contributed by atoms with Crippen molar-refractivity contribution in [1.82, 2.24) is 20.4 Å². The van der Waals surface area contributed by atoms with Gasteiger partial charge in [-0.1, -0.05) is 18.2 Å². The van der Waals surface area contributed by atoms with Crippen molar-refractivity contribution in [2.45, 2.75) is 32.0 Å². The van der Waals surface area contributed by atoms with Gasteiger partial charge in [0.1, 0.15) is 12.4 Å². The first-order valence-corrected chi connectivity index (χ1v) is 11.1. The number of nitrogens with one attached hydrogen (secondary N) is 2. The van der Waals surface area contributed by atoms with E-state index in [0.29, 0.717) is 18.5 Å². The van der Waals surface area contributed by atoms with Crippen molar-refractivity contribution in [3.8, 4) is 0 Å². The molecule has 0 aliphatic carbocycles. The molecular weight excluding hydrogens is 528 g/mol. The Morgan fingerprint density at radius 2 is 1.94 bits per heavy atom. The number of carbonyl (C=O) groups is 1. The third-order valence-corrected chi connectivity index (χ3v) is 6.01. The molecule has 0 saturated carbocycles. The number of rotatable bonds is 7. The van der Waals surface area contributed by atoms with Crippen LogP contribution in [0.4, 0.5) is 4.39 Å². The number of thiophene rings is 1. The second-order valence-electron chi connectivity index (χ2n) is 7.71. The second kappa shape index (κ2) is 13.0. The van der Waals surface area contributed by atoms with Crippen LogP contribution in [0.3, 0.4) is 0 Å². The smallest absolute Gasteiger partial charge is 0.243 e. The summed E-state index contributed by atoms with van der Waals surface area (Å²) in [6.45, 7) is 3.56. The molecule has 0 radical (unpaired) electrons. The summed E-state index contributed by atoms with van der Waals surface area (Å²) in [4.78, 5) is 21.6. The topological polar surface area (TPSA) is 60.0 Å². The number of amides is 1. The lowest BCUT2D eigenvalue weighted by molar-refractivity contribution is -0.127. The lowest BCUT2D eigenvalue weighted by Gasteiger charge is -2.33. The fourth-order valence-electron chi connectivity index (χ4n) is 3.30. The maximum absolute atomic E-state index is 13.1. The maximum atomic E-state index is 13.1. The minimum absolute atomic E-state index is 0. The van der Waals surface area contributed by atoms with Crippen molar-refractivity contribution in [1.29, 1.82) is 0 Å². The molecule has 1 aromatic heterocycles. The summed E-state index contributed by atoms with van der Waals surface area (Å²) in [6, 6.07) is 11.1. The highest BCUT2D eigenvalue weighted by Gasteiger charge is 2.20. The molecular formula is C22H31FIN5OS. The summed E-state index contributed by atoms with van der Waals surface area (Å²) >= 11 is 1.69. The van der Waals surface area contributed by atoms with Crippen molar-refractivity contribution in [3.05, 3.63) is 58.0 Å². The molecule has 2 N–H and O–H groups in total. The highest BCUT2D eigenvalue weighted by molar-refractivity contribution is 14.0. The van der Waals surface area contributed by atoms with Gasteiger partial charge in [0.25, 0.3) is 0 Å². The number of benzene rings is 1. The Morgan fingerprint density at radius 3 is 2.55 bits per heavy atom. The first-order valence-electron chi connectivity index (χ1n) is 10.2.